The molecule has 5 heteroatoms. The van der Waals surface area contributed by atoms with Gasteiger partial charge in [0.2, 0.25) is 5.60 Å². The van der Waals surface area contributed by atoms with E-state index in [9.17, 15) is 9.59 Å². The Bertz CT molecular complexity index is 283. The fraction of sp³-hybridized carbons (Fsp3) is 0.778. The van der Waals surface area contributed by atoms with Gasteiger partial charge in [-0.15, -0.1) is 0 Å². The number of carbonyl (C=O) groups excluding carboxylic acids is 1. The second kappa shape index (κ2) is 2.95. The van der Waals surface area contributed by atoms with Gasteiger partial charge in [0.05, 0.1) is 7.11 Å². The molecule has 1 saturated heterocycles. The summed E-state index contributed by atoms with van der Waals surface area (Å²) < 4.78 is 9.64. The highest BCUT2D eigenvalue weighted by Gasteiger charge is 2.72. The molecule has 1 aliphatic carbocycles. The molecular formula is C9H12O5. The Kier molecular flexibility index (Phi) is 1.99. The Morgan fingerprint density at radius 3 is 2.43 bits per heavy atom. The lowest BCUT2D eigenvalue weighted by Gasteiger charge is -2.29. The van der Waals surface area contributed by atoms with Gasteiger partial charge >= 0.3 is 11.9 Å². The molecule has 0 amide bonds. The minimum Gasteiger partial charge on any atom is -0.479 e. The van der Waals surface area contributed by atoms with Crippen molar-refractivity contribution >= 4 is 11.9 Å². The van der Waals surface area contributed by atoms with E-state index >= 15 is 0 Å². The Hall–Kier alpha value is -1.10. The van der Waals surface area contributed by atoms with Crippen LogP contribution >= 0.6 is 0 Å². The maximum atomic E-state index is 11.4. The van der Waals surface area contributed by atoms with Gasteiger partial charge in [-0.2, -0.15) is 0 Å². The summed E-state index contributed by atoms with van der Waals surface area (Å²) in [5.74, 6) is -1.60. The van der Waals surface area contributed by atoms with Crippen LogP contribution in [0.4, 0.5) is 0 Å². The number of epoxide rings is 1. The highest BCUT2D eigenvalue weighted by atomic mass is 16.7. The van der Waals surface area contributed by atoms with Crippen LogP contribution in [0.5, 0.6) is 0 Å². The van der Waals surface area contributed by atoms with Crippen molar-refractivity contribution < 1.29 is 24.2 Å². The standard InChI is InChI=1S/C9H12O5/c1-13-8(12)9(5-3-2-4-5)6(14-9)7(10)11/h5-6H,2-4H2,1H3,(H,10,11). The van der Waals surface area contributed by atoms with Crippen molar-refractivity contribution in [1.29, 1.82) is 0 Å². The largest absolute Gasteiger partial charge is 0.479 e. The maximum absolute atomic E-state index is 11.4. The minimum absolute atomic E-state index is 0.0241. The van der Waals surface area contributed by atoms with Crippen LogP contribution in [0.1, 0.15) is 19.3 Å². The first-order valence-corrected chi connectivity index (χ1v) is 4.62. The predicted molar refractivity (Wildman–Crippen MR) is 44.6 cm³/mol. The van der Waals surface area contributed by atoms with Gasteiger partial charge in [0.1, 0.15) is 0 Å². The van der Waals surface area contributed by atoms with Crippen molar-refractivity contribution in [3.05, 3.63) is 0 Å². The summed E-state index contributed by atoms with van der Waals surface area (Å²) in [6.45, 7) is 0. The zero-order chi connectivity index (χ0) is 10.3. The second-order valence-corrected chi connectivity index (χ2v) is 3.75. The van der Waals surface area contributed by atoms with E-state index in [1.165, 1.54) is 7.11 Å². The van der Waals surface area contributed by atoms with Crippen molar-refractivity contribution in [1.82, 2.24) is 0 Å². The monoisotopic (exact) mass is 200 g/mol. The van der Waals surface area contributed by atoms with Gasteiger partial charge in [-0.1, -0.05) is 6.42 Å². The van der Waals surface area contributed by atoms with Gasteiger partial charge in [0.25, 0.3) is 0 Å². The number of aliphatic carboxylic acids is 1. The topological polar surface area (TPSA) is 76.1 Å². The zero-order valence-corrected chi connectivity index (χ0v) is 7.86. The van der Waals surface area contributed by atoms with Crippen molar-refractivity contribution in [3.8, 4) is 0 Å². The van der Waals surface area contributed by atoms with Gasteiger partial charge in [-0.05, 0) is 12.8 Å². The average Bonchev–Trinajstić information content (AvgIpc) is 2.76. The van der Waals surface area contributed by atoms with Gasteiger partial charge in [-0.3, -0.25) is 0 Å². The molecule has 2 rings (SSSR count). The first kappa shape index (κ1) is 9.45. The summed E-state index contributed by atoms with van der Waals surface area (Å²) in [7, 11) is 1.25. The molecule has 1 N–H and O–H groups in total. The van der Waals surface area contributed by atoms with E-state index in [2.05, 4.69) is 4.74 Å². The Morgan fingerprint density at radius 2 is 2.14 bits per heavy atom. The van der Waals surface area contributed by atoms with Crippen molar-refractivity contribution in [2.24, 2.45) is 5.92 Å². The lowest BCUT2D eigenvalue weighted by atomic mass is 9.74. The van der Waals surface area contributed by atoms with Gasteiger partial charge in [0.15, 0.2) is 6.10 Å². The highest BCUT2D eigenvalue weighted by Crippen LogP contribution is 2.52. The zero-order valence-electron chi connectivity index (χ0n) is 7.86. The number of hydrogen-bond donors (Lipinski definition) is 1. The average molecular weight is 200 g/mol. The van der Waals surface area contributed by atoms with Gasteiger partial charge < -0.3 is 14.6 Å². The van der Waals surface area contributed by atoms with Crippen molar-refractivity contribution in [2.45, 2.75) is 31.0 Å². The van der Waals surface area contributed by atoms with E-state index in [4.69, 9.17) is 9.84 Å². The Balaban J connectivity index is 2.15. The molecule has 2 aliphatic rings. The fourth-order valence-corrected chi connectivity index (χ4v) is 2.02. The van der Waals surface area contributed by atoms with Crippen LogP contribution in [0.25, 0.3) is 0 Å². The van der Waals surface area contributed by atoms with Crippen LogP contribution in [-0.2, 0) is 19.1 Å². The summed E-state index contributed by atoms with van der Waals surface area (Å²) in [5, 5.41) is 8.77. The van der Waals surface area contributed by atoms with Gasteiger partial charge in [0, 0.05) is 5.92 Å². The number of carboxylic acid groups (broad SMARTS) is 1. The molecule has 14 heavy (non-hydrogen) atoms. The van der Waals surface area contributed by atoms with E-state index in [0.29, 0.717) is 0 Å². The molecule has 0 bridgehead atoms. The Morgan fingerprint density at radius 1 is 1.50 bits per heavy atom. The lowest BCUT2D eigenvalue weighted by molar-refractivity contribution is -0.151. The quantitative estimate of drug-likeness (QED) is 0.519. The third-order valence-electron chi connectivity index (χ3n) is 3.09. The number of hydrogen-bond acceptors (Lipinski definition) is 4. The lowest BCUT2D eigenvalue weighted by Crippen LogP contribution is -2.42. The molecule has 2 fully saturated rings. The van der Waals surface area contributed by atoms with Gasteiger partial charge in [-0.25, -0.2) is 9.59 Å². The van der Waals surface area contributed by atoms with Crippen LogP contribution in [0, 0.1) is 5.92 Å². The molecule has 1 heterocycles. The van der Waals surface area contributed by atoms with Crippen LogP contribution in [0.15, 0.2) is 0 Å². The summed E-state index contributed by atoms with van der Waals surface area (Å²) >= 11 is 0. The number of methoxy groups -OCH3 is 1. The van der Waals surface area contributed by atoms with E-state index in [-0.39, 0.29) is 5.92 Å². The smallest absolute Gasteiger partial charge is 0.341 e. The molecule has 0 aromatic rings. The molecule has 0 aromatic heterocycles. The summed E-state index contributed by atoms with van der Waals surface area (Å²) in [6, 6.07) is 0. The second-order valence-electron chi connectivity index (χ2n) is 3.75. The third kappa shape index (κ3) is 1.05. The number of esters is 1. The number of ether oxygens (including phenoxy) is 2. The highest BCUT2D eigenvalue weighted by molar-refractivity contribution is 5.93. The van der Waals surface area contributed by atoms with Crippen LogP contribution in [0.3, 0.4) is 0 Å². The molecule has 1 saturated carbocycles. The van der Waals surface area contributed by atoms with E-state index in [1.54, 1.807) is 0 Å². The van der Waals surface area contributed by atoms with E-state index in [0.717, 1.165) is 19.3 Å². The normalized spacial score (nSPS) is 35.9. The fourth-order valence-electron chi connectivity index (χ4n) is 2.02. The molecular weight excluding hydrogens is 188 g/mol. The summed E-state index contributed by atoms with van der Waals surface area (Å²) in [4.78, 5) is 22.1. The molecule has 0 aromatic carbocycles. The maximum Gasteiger partial charge on any atom is 0.341 e. The molecule has 0 spiro atoms. The molecule has 2 unspecified atom stereocenters. The van der Waals surface area contributed by atoms with E-state index < -0.39 is 23.6 Å². The summed E-state index contributed by atoms with van der Waals surface area (Å²) in [5.41, 5.74) is -1.17. The first-order valence-electron chi connectivity index (χ1n) is 4.62. The third-order valence-corrected chi connectivity index (χ3v) is 3.09. The molecule has 1 aliphatic heterocycles. The first-order chi connectivity index (χ1) is 6.63. The number of rotatable bonds is 3. The minimum atomic E-state index is -1.17. The van der Waals surface area contributed by atoms with Crippen LogP contribution in [0.2, 0.25) is 0 Å². The summed E-state index contributed by atoms with van der Waals surface area (Å²) in [6.07, 6.45) is 1.72. The SMILES string of the molecule is COC(=O)C1(C2CCC2)OC1C(=O)O. The Labute approximate surface area is 81.0 Å². The predicted octanol–water partition coefficient (Wildman–Crippen LogP) is 0.182. The molecule has 0 radical (unpaired) electrons. The molecule has 2 atom stereocenters. The van der Waals surface area contributed by atoms with E-state index in [1.807, 2.05) is 0 Å². The van der Waals surface area contributed by atoms with Crippen LogP contribution in [-0.4, -0.2) is 35.9 Å². The van der Waals surface area contributed by atoms with Crippen molar-refractivity contribution in [2.75, 3.05) is 7.11 Å². The van der Waals surface area contributed by atoms with Crippen molar-refractivity contribution in [3.63, 3.8) is 0 Å². The molecule has 78 valence electrons. The van der Waals surface area contributed by atoms with Crippen LogP contribution < -0.4 is 0 Å². The number of carbonyl (C=O) groups is 2. The molecule has 5 nitrogen and oxygen atoms in total. The number of carboxylic acids is 1.